The van der Waals surface area contributed by atoms with Gasteiger partial charge in [0.15, 0.2) is 5.54 Å². The van der Waals surface area contributed by atoms with Crippen LogP contribution in [-0.4, -0.2) is 49.5 Å². The molecule has 1 aromatic rings. The van der Waals surface area contributed by atoms with Gasteiger partial charge in [0.1, 0.15) is 11.4 Å². The number of hydrogen-bond donors (Lipinski definition) is 1. The van der Waals surface area contributed by atoms with Crippen molar-refractivity contribution in [1.82, 2.24) is 4.90 Å². The van der Waals surface area contributed by atoms with Gasteiger partial charge in [-0.1, -0.05) is 0 Å². The van der Waals surface area contributed by atoms with Crippen molar-refractivity contribution in [1.29, 1.82) is 0 Å². The number of amides is 2. The molecule has 0 spiro atoms. The molecule has 6 nitrogen and oxygen atoms in total. The van der Waals surface area contributed by atoms with Crippen LogP contribution in [0, 0.1) is 0 Å². The molecular formula is C14H14N2O4S2. The number of hydrogen-bond acceptors (Lipinski definition) is 5. The molecule has 3 heterocycles. The summed E-state index contributed by atoms with van der Waals surface area (Å²) in [6, 6.07) is 3.04. The van der Waals surface area contributed by atoms with Crippen LogP contribution in [0.15, 0.2) is 17.5 Å². The third-order valence-electron chi connectivity index (χ3n) is 4.86. The smallest absolute Gasteiger partial charge is 0.331 e. The fourth-order valence-corrected chi connectivity index (χ4v) is 6.47. The first-order valence-corrected chi connectivity index (χ1v) is 8.67. The highest BCUT2D eigenvalue weighted by Crippen LogP contribution is 2.72. The maximum Gasteiger partial charge on any atom is 0.331 e. The van der Waals surface area contributed by atoms with E-state index in [1.807, 2.05) is 18.4 Å². The molecule has 3 aliphatic rings. The summed E-state index contributed by atoms with van der Waals surface area (Å²) < 4.78 is -0.439. The second-order valence-corrected chi connectivity index (χ2v) is 8.62. The van der Waals surface area contributed by atoms with E-state index >= 15 is 0 Å². The molecule has 1 aromatic heterocycles. The van der Waals surface area contributed by atoms with E-state index in [0.717, 1.165) is 5.00 Å². The summed E-state index contributed by atoms with van der Waals surface area (Å²) in [5.74, 6) is -1.40. The lowest BCUT2D eigenvalue weighted by Crippen LogP contribution is -2.72. The van der Waals surface area contributed by atoms with Crippen LogP contribution >= 0.6 is 23.1 Å². The summed E-state index contributed by atoms with van der Waals surface area (Å²) in [6.45, 7) is 3.32. The number of fused-ring (bicyclic) bond motifs is 3. The van der Waals surface area contributed by atoms with E-state index in [0.29, 0.717) is 6.42 Å². The minimum absolute atomic E-state index is 0.198. The molecule has 0 bridgehead atoms. The summed E-state index contributed by atoms with van der Waals surface area (Å²) in [5, 5.41) is 11.9. The lowest BCUT2D eigenvalue weighted by atomic mass is 9.99. The maximum absolute atomic E-state index is 12.6. The van der Waals surface area contributed by atoms with Crippen molar-refractivity contribution in [3.05, 3.63) is 17.5 Å². The first-order chi connectivity index (χ1) is 10.3. The number of carbonyl (C=O) groups is 3. The van der Waals surface area contributed by atoms with E-state index in [4.69, 9.17) is 0 Å². The van der Waals surface area contributed by atoms with Crippen LogP contribution in [0.1, 0.15) is 20.3 Å². The average Bonchev–Trinajstić information content (AvgIpc) is 2.81. The van der Waals surface area contributed by atoms with Crippen molar-refractivity contribution in [2.45, 2.75) is 42.0 Å². The Kier molecular flexibility index (Phi) is 2.59. The third-order valence-corrected chi connectivity index (χ3v) is 7.44. The first kappa shape index (κ1) is 14.1. The van der Waals surface area contributed by atoms with E-state index < -0.39 is 22.3 Å². The predicted molar refractivity (Wildman–Crippen MR) is 82.9 cm³/mol. The number of thiophene rings is 1. The highest BCUT2D eigenvalue weighted by Gasteiger charge is 2.85. The Hall–Kier alpha value is -1.54. The SMILES string of the molecule is CC(=O)N(c1cccs1)[C@@H]1C(=O)N2[C@@H]1SC1(C)C[C@@]21C(=O)O. The average molecular weight is 338 g/mol. The number of thioether (sulfide) groups is 1. The molecule has 4 rings (SSSR count). The molecule has 116 valence electrons. The van der Waals surface area contributed by atoms with Gasteiger partial charge in [0.25, 0.3) is 5.91 Å². The highest BCUT2D eigenvalue weighted by molar-refractivity contribution is 8.02. The van der Waals surface area contributed by atoms with Gasteiger partial charge in [0, 0.05) is 13.3 Å². The molecule has 0 radical (unpaired) electrons. The van der Waals surface area contributed by atoms with Crippen molar-refractivity contribution >= 4 is 45.9 Å². The van der Waals surface area contributed by atoms with E-state index in [1.165, 1.54) is 39.8 Å². The van der Waals surface area contributed by atoms with Gasteiger partial charge in [0.05, 0.1) is 9.75 Å². The minimum Gasteiger partial charge on any atom is -0.479 e. The number of anilines is 1. The van der Waals surface area contributed by atoms with Crippen LogP contribution < -0.4 is 4.90 Å². The van der Waals surface area contributed by atoms with Crippen LogP contribution in [0.2, 0.25) is 0 Å². The van der Waals surface area contributed by atoms with Crippen molar-refractivity contribution in [2.24, 2.45) is 0 Å². The molecule has 2 saturated heterocycles. The number of carbonyl (C=O) groups excluding carboxylic acids is 2. The number of carboxylic acids is 1. The predicted octanol–water partition coefficient (Wildman–Crippen LogP) is 1.37. The summed E-state index contributed by atoms with van der Waals surface area (Å²) in [6.07, 6.45) is 0.480. The van der Waals surface area contributed by atoms with E-state index in [-0.39, 0.29) is 17.2 Å². The van der Waals surface area contributed by atoms with Gasteiger partial charge >= 0.3 is 5.97 Å². The van der Waals surface area contributed by atoms with Gasteiger partial charge in [-0.3, -0.25) is 14.5 Å². The monoisotopic (exact) mass is 338 g/mol. The Bertz CT molecular complexity index is 706. The summed E-state index contributed by atoms with van der Waals surface area (Å²) in [5.41, 5.74) is -1.08. The molecule has 4 atom stereocenters. The van der Waals surface area contributed by atoms with Gasteiger partial charge in [-0.25, -0.2) is 4.79 Å². The van der Waals surface area contributed by atoms with Crippen LogP contribution in [0.5, 0.6) is 0 Å². The van der Waals surface area contributed by atoms with E-state index in [1.54, 1.807) is 6.07 Å². The quantitative estimate of drug-likeness (QED) is 0.842. The molecule has 0 aromatic carbocycles. The summed E-state index contributed by atoms with van der Waals surface area (Å²) in [4.78, 5) is 39.3. The van der Waals surface area contributed by atoms with Crippen LogP contribution in [-0.2, 0) is 14.4 Å². The molecule has 3 fully saturated rings. The number of β-lactam (4-membered cyclic amide) rings is 1. The zero-order chi connectivity index (χ0) is 15.9. The fourth-order valence-electron chi connectivity index (χ4n) is 3.70. The van der Waals surface area contributed by atoms with Crippen molar-refractivity contribution in [3.8, 4) is 0 Å². The first-order valence-electron chi connectivity index (χ1n) is 6.91. The molecule has 8 heteroatoms. The minimum atomic E-state index is -1.08. The topological polar surface area (TPSA) is 77.9 Å². The molecule has 1 aliphatic carbocycles. The molecule has 1 saturated carbocycles. The maximum atomic E-state index is 12.6. The Morgan fingerprint density at radius 1 is 1.50 bits per heavy atom. The van der Waals surface area contributed by atoms with Crippen molar-refractivity contribution < 1.29 is 19.5 Å². The van der Waals surface area contributed by atoms with Crippen LogP contribution in [0.25, 0.3) is 0 Å². The largest absolute Gasteiger partial charge is 0.479 e. The van der Waals surface area contributed by atoms with Gasteiger partial charge < -0.3 is 10.0 Å². The highest BCUT2D eigenvalue weighted by atomic mass is 32.2. The number of carboxylic acid groups (broad SMARTS) is 1. The summed E-state index contributed by atoms with van der Waals surface area (Å²) in [7, 11) is 0. The summed E-state index contributed by atoms with van der Waals surface area (Å²) >= 11 is 2.91. The zero-order valence-corrected chi connectivity index (χ0v) is 13.6. The van der Waals surface area contributed by atoms with Crippen LogP contribution in [0.3, 0.4) is 0 Å². The molecule has 22 heavy (non-hydrogen) atoms. The molecule has 1 N–H and O–H groups in total. The Morgan fingerprint density at radius 3 is 2.77 bits per heavy atom. The molecule has 2 aliphatic heterocycles. The van der Waals surface area contributed by atoms with E-state index in [2.05, 4.69) is 0 Å². The number of rotatable bonds is 3. The van der Waals surface area contributed by atoms with Gasteiger partial charge in [-0.2, -0.15) is 0 Å². The molecular weight excluding hydrogens is 324 g/mol. The van der Waals surface area contributed by atoms with Gasteiger partial charge in [-0.05, 0) is 24.4 Å². The molecule has 1 unspecified atom stereocenters. The zero-order valence-electron chi connectivity index (χ0n) is 12.0. The number of aliphatic carboxylic acids is 1. The Labute approximate surface area is 135 Å². The second kappa shape index (κ2) is 4.05. The van der Waals surface area contributed by atoms with E-state index in [9.17, 15) is 19.5 Å². The molecule has 2 amide bonds. The Morgan fingerprint density at radius 2 is 2.23 bits per heavy atom. The fraction of sp³-hybridized carbons (Fsp3) is 0.500. The number of nitrogens with zero attached hydrogens (tertiary/aromatic N) is 2. The third kappa shape index (κ3) is 1.40. The van der Waals surface area contributed by atoms with Gasteiger partial charge in [0.2, 0.25) is 5.91 Å². The van der Waals surface area contributed by atoms with Gasteiger partial charge in [-0.15, -0.1) is 23.1 Å². The standard InChI is InChI=1S/C14H14N2O4S2/c1-7(17)15(8-4-3-5-21-8)9-10(18)16-11(9)22-13(2)6-14(13,16)12(19)20/h3-5,9,11H,6H2,1-2H3,(H,19,20)/t9-,11-,13?,14+/m1/s1. The lowest BCUT2D eigenvalue weighted by Gasteiger charge is -2.49. The second-order valence-electron chi connectivity index (χ2n) is 6.07. The normalized spacial score (nSPS) is 38.1. The Balaban J connectivity index is 1.69. The van der Waals surface area contributed by atoms with Crippen molar-refractivity contribution in [2.75, 3.05) is 4.90 Å². The van der Waals surface area contributed by atoms with Crippen LogP contribution in [0.4, 0.5) is 5.00 Å². The lowest BCUT2D eigenvalue weighted by molar-refractivity contribution is -0.161. The van der Waals surface area contributed by atoms with Crippen molar-refractivity contribution in [3.63, 3.8) is 0 Å².